The summed E-state index contributed by atoms with van der Waals surface area (Å²) in [5.41, 5.74) is 0.509. The van der Waals surface area contributed by atoms with Crippen molar-refractivity contribution in [2.45, 2.75) is 33.2 Å². The summed E-state index contributed by atoms with van der Waals surface area (Å²) < 4.78 is 5.48. The van der Waals surface area contributed by atoms with E-state index in [0.717, 1.165) is 6.42 Å². The van der Waals surface area contributed by atoms with E-state index in [4.69, 9.17) is 10.00 Å². The van der Waals surface area contributed by atoms with E-state index in [0.29, 0.717) is 17.9 Å². The van der Waals surface area contributed by atoms with Crippen LogP contribution in [0.2, 0.25) is 0 Å². The zero-order valence-electron chi connectivity index (χ0n) is 11.6. The summed E-state index contributed by atoms with van der Waals surface area (Å²) in [6.07, 6.45) is 0.917. The molecular weight excluding hydrogens is 240 g/mol. The van der Waals surface area contributed by atoms with E-state index in [1.807, 2.05) is 26.8 Å². The molecule has 1 atom stereocenters. The predicted molar refractivity (Wildman–Crippen MR) is 73.9 cm³/mol. The zero-order chi connectivity index (χ0) is 14.3. The van der Waals surface area contributed by atoms with Crippen LogP contribution in [-0.2, 0) is 0 Å². The second-order valence-electron chi connectivity index (χ2n) is 4.70. The van der Waals surface area contributed by atoms with Crippen molar-refractivity contribution in [1.82, 2.24) is 5.32 Å². The highest BCUT2D eigenvalue weighted by Crippen LogP contribution is 2.14. The number of ether oxygens (including phenoxy) is 1. The maximum atomic E-state index is 12.0. The van der Waals surface area contributed by atoms with Gasteiger partial charge in [0.15, 0.2) is 0 Å². The molecule has 0 aliphatic carbocycles. The molecule has 1 aromatic carbocycles. The minimum absolute atomic E-state index is 0.0773. The van der Waals surface area contributed by atoms with Gasteiger partial charge in [-0.05, 0) is 30.5 Å². The molecule has 0 spiro atoms. The Morgan fingerprint density at radius 2 is 2.21 bits per heavy atom. The van der Waals surface area contributed by atoms with Gasteiger partial charge >= 0.3 is 0 Å². The Labute approximate surface area is 114 Å². The number of nitrogens with zero attached hydrogens (tertiary/aromatic N) is 1. The number of carbonyl (C=O) groups excluding carboxylic acids is 1. The van der Waals surface area contributed by atoms with Gasteiger partial charge in [-0.25, -0.2) is 0 Å². The van der Waals surface area contributed by atoms with Crippen LogP contribution in [0.25, 0.3) is 0 Å². The number of hydrogen-bond donors (Lipinski definition) is 1. The fraction of sp³-hybridized carbons (Fsp3) is 0.467. The number of rotatable bonds is 6. The standard InChI is InChI=1S/C15H20N2O2/c1-4-8-19-13-7-5-6-12(9-13)15(18)17-14(10-16)11(2)3/h5-7,9,11,14H,4,8H2,1-3H3,(H,17,18). The van der Waals surface area contributed by atoms with Gasteiger partial charge in [0.05, 0.1) is 12.7 Å². The highest BCUT2D eigenvalue weighted by Gasteiger charge is 2.16. The van der Waals surface area contributed by atoms with E-state index < -0.39 is 6.04 Å². The Kier molecular flexibility index (Phi) is 5.87. The maximum Gasteiger partial charge on any atom is 0.252 e. The number of nitrogens with one attached hydrogen (secondary N) is 1. The van der Waals surface area contributed by atoms with Gasteiger partial charge in [-0.1, -0.05) is 26.8 Å². The first-order chi connectivity index (χ1) is 9.08. The molecule has 1 aromatic rings. The average molecular weight is 260 g/mol. The Hall–Kier alpha value is -2.02. The monoisotopic (exact) mass is 260 g/mol. The van der Waals surface area contributed by atoms with Gasteiger partial charge in [-0.2, -0.15) is 5.26 Å². The number of hydrogen-bond acceptors (Lipinski definition) is 3. The van der Waals surface area contributed by atoms with Crippen LogP contribution in [0.4, 0.5) is 0 Å². The van der Waals surface area contributed by atoms with Crippen LogP contribution in [-0.4, -0.2) is 18.6 Å². The fourth-order valence-corrected chi connectivity index (χ4v) is 1.52. The van der Waals surface area contributed by atoms with Crippen LogP contribution in [0.1, 0.15) is 37.6 Å². The van der Waals surface area contributed by atoms with Gasteiger partial charge in [0.1, 0.15) is 11.8 Å². The van der Waals surface area contributed by atoms with Crippen LogP contribution >= 0.6 is 0 Å². The molecule has 102 valence electrons. The van der Waals surface area contributed by atoms with Crippen LogP contribution < -0.4 is 10.1 Å². The van der Waals surface area contributed by atoms with Crippen molar-refractivity contribution in [3.63, 3.8) is 0 Å². The highest BCUT2D eigenvalue weighted by atomic mass is 16.5. The van der Waals surface area contributed by atoms with Crippen molar-refractivity contribution in [3.8, 4) is 11.8 Å². The lowest BCUT2D eigenvalue weighted by Gasteiger charge is -2.15. The molecule has 1 unspecified atom stereocenters. The molecule has 0 saturated carbocycles. The lowest BCUT2D eigenvalue weighted by molar-refractivity contribution is 0.0937. The number of amides is 1. The van der Waals surface area contributed by atoms with Crippen LogP contribution in [0.5, 0.6) is 5.75 Å². The summed E-state index contributed by atoms with van der Waals surface area (Å²) in [5, 5.41) is 11.7. The SMILES string of the molecule is CCCOc1cccc(C(=O)NC(C#N)C(C)C)c1. The molecule has 0 saturated heterocycles. The molecule has 0 aromatic heterocycles. The molecule has 0 bridgehead atoms. The van der Waals surface area contributed by atoms with Gasteiger partial charge < -0.3 is 10.1 Å². The van der Waals surface area contributed by atoms with Crippen molar-refractivity contribution in [2.24, 2.45) is 5.92 Å². The van der Waals surface area contributed by atoms with Gasteiger partial charge in [-0.3, -0.25) is 4.79 Å². The number of carbonyl (C=O) groups is 1. The Morgan fingerprint density at radius 1 is 1.47 bits per heavy atom. The van der Waals surface area contributed by atoms with E-state index >= 15 is 0 Å². The topological polar surface area (TPSA) is 62.1 Å². The molecule has 1 amide bonds. The van der Waals surface area contributed by atoms with Crippen LogP contribution in [0, 0.1) is 17.2 Å². The third-order valence-electron chi connectivity index (χ3n) is 2.66. The quantitative estimate of drug-likeness (QED) is 0.855. The second kappa shape index (κ2) is 7.42. The van der Waals surface area contributed by atoms with Crippen molar-refractivity contribution in [2.75, 3.05) is 6.61 Å². The minimum Gasteiger partial charge on any atom is -0.494 e. The number of benzene rings is 1. The molecule has 0 fully saturated rings. The molecule has 0 aliphatic heterocycles. The molecule has 4 heteroatoms. The van der Waals surface area contributed by atoms with Crippen molar-refractivity contribution in [3.05, 3.63) is 29.8 Å². The summed E-state index contributed by atoms with van der Waals surface area (Å²) >= 11 is 0. The summed E-state index contributed by atoms with van der Waals surface area (Å²) in [5.74, 6) is 0.503. The Morgan fingerprint density at radius 3 is 2.79 bits per heavy atom. The molecule has 1 rings (SSSR count). The van der Waals surface area contributed by atoms with E-state index in [9.17, 15) is 4.79 Å². The largest absolute Gasteiger partial charge is 0.494 e. The smallest absolute Gasteiger partial charge is 0.252 e. The number of nitriles is 1. The summed E-state index contributed by atoms with van der Waals surface area (Å²) in [6, 6.07) is 8.60. The second-order valence-corrected chi connectivity index (χ2v) is 4.70. The van der Waals surface area contributed by atoms with Crippen molar-refractivity contribution in [1.29, 1.82) is 5.26 Å². The van der Waals surface area contributed by atoms with Gasteiger partial charge in [0.2, 0.25) is 0 Å². The fourth-order valence-electron chi connectivity index (χ4n) is 1.52. The lowest BCUT2D eigenvalue weighted by atomic mass is 10.1. The van der Waals surface area contributed by atoms with Gasteiger partial charge in [0.25, 0.3) is 5.91 Å². The molecule has 19 heavy (non-hydrogen) atoms. The summed E-state index contributed by atoms with van der Waals surface area (Å²) in [7, 11) is 0. The zero-order valence-corrected chi connectivity index (χ0v) is 11.6. The molecule has 0 radical (unpaired) electrons. The van der Waals surface area contributed by atoms with Crippen molar-refractivity contribution < 1.29 is 9.53 Å². The van der Waals surface area contributed by atoms with E-state index in [1.54, 1.807) is 18.2 Å². The first-order valence-corrected chi connectivity index (χ1v) is 6.51. The molecular formula is C15H20N2O2. The molecule has 0 aliphatic rings. The van der Waals surface area contributed by atoms with E-state index in [-0.39, 0.29) is 11.8 Å². The van der Waals surface area contributed by atoms with Gasteiger partial charge in [0, 0.05) is 5.56 Å². The first-order valence-electron chi connectivity index (χ1n) is 6.51. The maximum absolute atomic E-state index is 12.0. The third kappa shape index (κ3) is 4.63. The summed E-state index contributed by atoms with van der Waals surface area (Å²) in [4.78, 5) is 12.0. The Bertz CT molecular complexity index is 463. The van der Waals surface area contributed by atoms with Gasteiger partial charge in [-0.15, -0.1) is 0 Å². The summed E-state index contributed by atoms with van der Waals surface area (Å²) in [6.45, 7) is 6.44. The average Bonchev–Trinajstić information content (AvgIpc) is 2.42. The normalized spacial score (nSPS) is 11.7. The first kappa shape index (κ1) is 15.0. The van der Waals surface area contributed by atoms with Crippen LogP contribution in [0.15, 0.2) is 24.3 Å². The van der Waals surface area contributed by atoms with Crippen molar-refractivity contribution >= 4 is 5.91 Å². The lowest BCUT2D eigenvalue weighted by Crippen LogP contribution is -2.37. The Balaban J connectivity index is 2.74. The third-order valence-corrected chi connectivity index (χ3v) is 2.66. The van der Waals surface area contributed by atoms with E-state index in [1.165, 1.54) is 0 Å². The molecule has 4 nitrogen and oxygen atoms in total. The molecule has 1 N–H and O–H groups in total. The predicted octanol–water partition coefficient (Wildman–Crippen LogP) is 2.75. The van der Waals surface area contributed by atoms with E-state index in [2.05, 4.69) is 11.4 Å². The van der Waals surface area contributed by atoms with Crippen LogP contribution in [0.3, 0.4) is 0 Å². The minimum atomic E-state index is -0.479. The molecule has 0 heterocycles. The highest BCUT2D eigenvalue weighted by molar-refractivity contribution is 5.94.